The fourth-order valence-corrected chi connectivity index (χ4v) is 3.87. The summed E-state index contributed by atoms with van der Waals surface area (Å²) < 4.78 is 7.84. The molecule has 2 aromatic carbocycles. The number of fused-ring (bicyclic) bond motifs is 1. The van der Waals surface area contributed by atoms with Crippen LogP contribution >= 0.6 is 11.3 Å². The zero-order valence-electron chi connectivity index (χ0n) is 14.8. The molecule has 0 amide bonds. The summed E-state index contributed by atoms with van der Waals surface area (Å²) in [5.41, 5.74) is 4.24. The van der Waals surface area contributed by atoms with Gasteiger partial charge in [-0.3, -0.25) is 4.40 Å². The van der Waals surface area contributed by atoms with E-state index in [1.54, 1.807) is 6.20 Å². The summed E-state index contributed by atoms with van der Waals surface area (Å²) in [6.45, 7) is 2.62. The number of aryl methyl sites for hydroxylation is 1. The van der Waals surface area contributed by atoms with Crippen molar-refractivity contribution in [2.75, 3.05) is 0 Å². The lowest BCUT2D eigenvalue weighted by Gasteiger charge is -2.12. The van der Waals surface area contributed by atoms with E-state index in [0.717, 1.165) is 34.6 Å². The second-order valence-corrected chi connectivity index (χ2v) is 6.99. The molecule has 0 bridgehead atoms. The number of aromatic carboxylic acids is 1. The molecule has 4 aromatic rings. The molecule has 0 atom stereocenters. The van der Waals surface area contributed by atoms with Gasteiger partial charge in [0.15, 0.2) is 10.7 Å². The van der Waals surface area contributed by atoms with Crippen LogP contribution in [0.2, 0.25) is 0 Å². The Morgan fingerprint density at radius 2 is 2.04 bits per heavy atom. The molecule has 0 saturated heterocycles. The van der Waals surface area contributed by atoms with Crippen LogP contribution in [0.25, 0.3) is 16.2 Å². The van der Waals surface area contributed by atoms with E-state index in [9.17, 15) is 4.79 Å². The summed E-state index contributed by atoms with van der Waals surface area (Å²) in [7, 11) is 0. The van der Waals surface area contributed by atoms with Crippen LogP contribution in [0.3, 0.4) is 0 Å². The van der Waals surface area contributed by atoms with Gasteiger partial charge in [0.2, 0.25) is 0 Å². The van der Waals surface area contributed by atoms with Gasteiger partial charge in [0.25, 0.3) is 0 Å². The summed E-state index contributed by atoms with van der Waals surface area (Å²) >= 11 is 1.43. The highest BCUT2D eigenvalue weighted by atomic mass is 32.1. The van der Waals surface area contributed by atoms with Crippen LogP contribution in [0.4, 0.5) is 0 Å². The summed E-state index contributed by atoms with van der Waals surface area (Å²) in [5.74, 6) is -0.149. The molecule has 0 saturated carbocycles. The highest BCUT2D eigenvalue weighted by Gasteiger charge is 2.15. The maximum absolute atomic E-state index is 11.2. The Morgan fingerprint density at radius 3 is 2.78 bits per heavy atom. The van der Waals surface area contributed by atoms with Crippen molar-refractivity contribution < 1.29 is 14.6 Å². The van der Waals surface area contributed by atoms with Crippen LogP contribution in [0.15, 0.2) is 60.1 Å². The first-order valence-corrected chi connectivity index (χ1v) is 9.53. The van der Waals surface area contributed by atoms with Gasteiger partial charge in [0, 0.05) is 11.6 Å². The molecule has 4 rings (SSSR count). The Kier molecular flexibility index (Phi) is 4.64. The fraction of sp³-hybridized carbons (Fsp3) is 0.143. The van der Waals surface area contributed by atoms with E-state index in [0.29, 0.717) is 11.6 Å². The van der Waals surface area contributed by atoms with Gasteiger partial charge in [-0.05, 0) is 41.3 Å². The fourth-order valence-electron chi connectivity index (χ4n) is 2.99. The number of aromatic nitrogens is 2. The van der Waals surface area contributed by atoms with E-state index in [4.69, 9.17) is 9.84 Å². The van der Waals surface area contributed by atoms with Crippen LogP contribution in [0, 0.1) is 0 Å². The average Bonchev–Trinajstić information content (AvgIpc) is 3.28. The van der Waals surface area contributed by atoms with Crippen molar-refractivity contribution in [3.63, 3.8) is 0 Å². The Bertz CT molecular complexity index is 1100. The van der Waals surface area contributed by atoms with Gasteiger partial charge in [-0.25, -0.2) is 9.78 Å². The van der Waals surface area contributed by atoms with E-state index < -0.39 is 5.97 Å². The Morgan fingerprint density at radius 1 is 1.22 bits per heavy atom. The van der Waals surface area contributed by atoms with Crippen LogP contribution in [0.5, 0.6) is 5.75 Å². The van der Waals surface area contributed by atoms with Crippen LogP contribution in [-0.2, 0) is 13.0 Å². The molecule has 0 spiro atoms. The van der Waals surface area contributed by atoms with E-state index in [2.05, 4.69) is 18.0 Å². The van der Waals surface area contributed by atoms with Gasteiger partial charge < -0.3 is 9.84 Å². The van der Waals surface area contributed by atoms with E-state index in [-0.39, 0.29) is 5.69 Å². The van der Waals surface area contributed by atoms with Gasteiger partial charge in [0.05, 0.1) is 5.69 Å². The zero-order valence-corrected chi connectivity index (χ0v) is 15.6. The molecule has 27 heavy (non-hydrogen) atoms. The number of carboxylic acid groups (broad SMARTS) is 1. The molecule has 5 nitrogen and oxygen atoms in total. The molecule has 0 fully saturated rings. The first-order chi connectivity index (χ1) is 13.2. The highest BCUT2D eigenvalue weighted by molar-refractivity contribution is 7.15. The summed E-state index contributed by atoms with van der Waals surface area (Å²) in [6, 6.07) is 16.2. The molecular formula is C21H18N2O3S. The van der Waals surface area contributed by atoms with Gasteiger partial charge in [-0.1, -0.05) is 37.3 Å². The predicted octanol–water partition coefficient (Wildman–Crippen LogP) is 4.90. The van der Waals surface area contributed by atoms with Gasteiger partial charge >= 0.3 is 5.97 Å². The summed E-state index contributed by atoms with van der Waals surface area (Å²) in [5, 5.41) is 11.1. The molecule has 0 aliphatic rings. The number of carboxylic acids is 1. The molecular weight excluding hydrogens is 360 g/mol. The Balaban J connectivity index is 1.64. The van der Waals surface area contributed by atoms with Gasteiger partial charge in [-0.2, -0.15) is 0 Å². The van der Waals surface area contributed by atoms with Crippen molar-refractivity contribution in [1.82, 2.24) is 9.38 Å². The van der Waals surface area contributed by atoms with Crippen LogP contribution in [-0.4, -0.2) is 20.5 Å². The molecule has 2 aromatic heterocycles. The highest BCUT2D eigenvalue weighted by Crippen LogP contribution is 2.31. The number of carbonyl (C=O) groups is 1. The largest absolute Gasteiger partial charge is 0.489 e. The molecule has 2 heterocycles. The van der Waals surface area contributed by atoms with Crippen molar-refractivity contribution in [1.29, 1.82) is 0 Å². The lowest BCUT2D eigenvalue weighted by Crippen LogP contribution is -1.99. The van der Waals surface area contributed by atoms with Crippen molar-refractivity contribution in [2.24, 2.45) is 0 Å². The third kappa shape index (κ3) is 3.44. The van der Waals surface area contributed by atoms with Crippen LogP contribution in [0.1, 0.15) is 28.5 Å². The summed E-state index contributed by atoms with van der Waals surface area (Å²) in [6.07, 6.45) is 2.41. The molecule has 6 heteroatoms. The van der Waals surface area contributed by atoms with E-state index >= 15 is 0 Å². The molecule has 0 unspecified atom stereocenters. The number of hydrogen-bond donors (Lipinski definition) is 1. The lowest BCUT2D eigenvalue weighted by atomic mass is 10.1. The maximum atomic E-state index is 11.2. The quantitative estimate of drug-likeness (QED) is 0.518. The third-order valence-corrected chi connectivity index (χ3v) is 5.24. The molecule has 0 aliphatic carbocycles. The first kappa shape index (κ1) is 17.3. The van der Waals surface area contributed by atoms with Crippen molar-refractivity contribution in [3.05, 3.63) is 76.9 Å². The maximum Gasteiger partial charge on any atom is 0.356 e. The normalized spacial score (nSPS) is 11.0. The number of hydrogen-bond acceptors (Lipinski definition) is 4. The van der Waals surface area contributed by atoms with Crippen molar-refractivity contribution in [2.45, 2.75) is 20.0 Å². The van der Waals surface area contributed by atoms with E-state index in [1.807, 2.05) is 52.2 Å². The molecule has 0 aliphatic heterocycles. The second-order valence-electron chi connectivity index (χ2n) is 6.16. The number of imidazole rings is 1. The third-order valence-electron chi connectivity index (χ3n) is 4.40. The molecule has 1 N–H and O–H groups in total. The van der Waals surface area contributed by atoms with Gasteiger partial charge in [-0.15, -0.1) is 11.3 Å². The SMILES string of the molecule is CCc1cc(-c2csc3nc(C(=O)O)cn23)ccc1OCc1ccccc1. The second kappa shape index (κ2) is 7.25. The lowest BCUT2D eigenvalue weighted by molar-refractivity contribution is 0.0691. The predicted molar refractivity (Wildman–Crippen MR) is 106 cm³/mol. The molecule has 0 radical (unpaired) electrons. The number of ether oxygens (including phenoxy) is 1. The Hall–Kier alpha value is -3.12. The van der Waals surface area contributed by atoms with Crippen molar-refractivity contribution >= 4 is 22.3 Å². The minimum atomic E-state index is -1.02. The smallest absolute Gasteiger partial charge is 0.356 e. The molecule has 136 valence electrons. The number of thiazole rings is 1. The number of nitrogens with zero attached hydrogens (tertiary/aromatic N) is 2. The monoisotopic (exact) mass is 378 g/mol. The van der Waals surface area contributed by atoms with Crippen LogP contribution < -0.4 is 4.74 Å². The zero-order chi connectivity index (χ0) is 18.8. The number of benzene rings is 2. The topological polar surface area (TPSA) is 63.8 Å². The van der Waals surface area contributed by atoms with Crippen molar-refractivity contribution in [3.8, 4) is 17.0 Å². The minimum absolute atomic E-state index is 0.0571. The Labute approximate surface area is 160 Å². The minimum Gasteiger partial charge on any atom is -0.489 e. The number of rotatable bonds is 6. The first-order valence-electron chi connectivity index (χ1n) is 8.65. The van der Waals surface area contributed by atoms with Gasteiger partial charge in [0.1, 0.15) is 12.4 Å². The summed E-state index contributed by atoms with van der Waals surface area (Å²) in [4.78, 5) is 16.0. The van der Waals surface area contributed by atoms with E-state index in [1.165, 1.54) is 11.3 Å². The standard InChI is InChI=1S/C21H18N2O3S/c1-2-15-10-16(8-9-19(15)26-12-14-6-4-3-5-7-14)18-13-27-21-22-17(20(24)25)11-23(18)21/h3-11,13H,2,12H2,1H3,(H,24,25). The average molecular weight is 378 g/mol.